The van der Waals surface area contributed by atoms with Gasteiger partial charge in [0.25, 0.3) is 0 Å². The Bertz CT molecular complexity index is 301. The van der Waals surface area contributed by atoms with Crippen molar-refractivity contribution in [3.8, 4) is 0 Å². The average Bonchev–Trinajstić information content (AvgIpc) is 2.15. The topological polar surface area (TPSA) is 26.3 Å². The van der Waals surface area contributed by atoms with Gasteiger partial charge in [0.1, 0.15) is 6.61 Å². The maximum Gasteiger partial charge on any atom is 0.333 e. The van der Waals surface area contributed by atoms with Crippen LogP contribution in [-0.4, -0.2) is 5.97 Å². The van der Waals surface area contributed by atoms with E-state index in [0.717, 1.165) is 5.56 Å². The zero-order valence-corrected chi connectivity index (χ0v) is 7.62. The predicted molar refractivity (Wildman–Crippen MR) is 51.1 cm³/mol. The van der Waals surface area contributed by atoms with Crippen LogP contribution < -0.4 is 0 Å². The zero-order valence-electron chi connectivity index (χ0n) is 7.62. The van der Waals surface area contributed by atoms with Crippen LogP contribution in [0.5, 0.6) is 0 Å². The third-order valence-electron chi connectivity index (χ3n) is 1.56. The van der Waals surface area contributed by atoms with Crippen LogP contribution in [0.2, 0.25) is 0 Å². The normalized spacial score (nSPS) is 9.31. The quantitative estimate of drug-likeness (QED) is 0.402. The van der Waals surface area contributed by atoms with Crippen molar-refractivity contribution in [1.82, 2.24) is 0 Å². The van der Waals surface area contributed by atoms with Crippen LogP contribution in [0.15, 0.2) is 42.5 Å². The van der Waals surface area contributed by atoms with Gasteiger partial charge < -0.3 is 4.74 Å². The first-order chi connectivity index (χ1) is 6.20. The number of esters is 1. The molecule has 1 rings (SSSR count). The van der Waals surface area contributed by atoms with Crippen LogP contribution in [0.1, 0.15) is 12.5 Å². The molecule has 0 unspecified atom stereocenters. The molecule has 0 amide bonds. The van der Waals surface area contributed by atoms with Crippen molar-refractivity contribution in [3.05, 3.63) is 48.0 Å². The average molecular weight is 177 g/mol. The number of hydrogen-bond donors (Lipinski definition) is 0. The molecule has 0 saturated carbocycles. The van der Waals surface area contributed by atoms with E-state index in [2.05, 4.69) is 6.58 Å². The number of carbonyl (C=O) groups excluding carboxylic acids is 1. The molecule has 68 valence electrons. The Morgan fingerprint density at radius 1 is 1.38 bits per heavy atom. The van der Waals surface area contributed by atoms with Crippen LogP contribution in [0.3, 0.4) is 0 Å². The monoisotopic (exact) mass is 177 g/mol. The molecule has 1 aromatic carbocycles. The SMILES string of the molecule is C=[13C](C)C(=O)OCc1ccccc1. The Hall–Kier alpha value is -1.57. The summed E-state index contributed by atoms with van der Waals surface area (Å²) in [6.45, 7) is 5.44. The first-order valence-corrected chi connectivity index (χ1v) is 4.06. The summed E-state index contributed by atoms with van der Waals surface area (Å²) in [5, 5.41) is 0. The lowest BCUT2D eigenvalue weighted by Crippen LogP contribution is -2.04. The van der Waals surface area contributed by atoms with E-state index in [4.69, 9.17) is 4.74 Å². The second-order valence-corrected chi connectivity index (χ2v) is 2.84. The summed E-state index contributed by atoms with van der Waals surface area (Å²) < 4.78 is 4.95. The minimum atomic E-state index is -0.344. The van der Waals surface area contributed by atoms with E-state index >= 15 is 0 Å². The predicted octanol–water partition coefficient (Wildman–Crippen LogP) is 2.31. The van der Waals surface area contributed by atoms with Gasteiger partial charge in [-0.2, -0.15) is 0 Å². The molecule has 0 aliphatic rings. The molecule has 0 aliphatic carbocycles. The lowest BCUT2D eigenvalue weighted by Gasteiger charge is -2.03. The van der Waals surface area contributed by atoms with Gasteiger partial charge in [-0.3, -0.25) is 0 Å². The molecule has 0 aromatic heterocycles. The molecule has 0 atom stereocenters. The van der Waals surface area contributed by atoms with E-state index in [1.54, 1.807) is 6.92 Å². The molecular weight excluding hydrogens is 165 g/mol. The van der Waals surface area contributed by atoms with Gasteiger partial charge in [0, 0.05) is 5.57 Å². The number of benzene rings is 1. The van der Waals surface area contributed by atoms with E-state index < -0.39 is 0 Å². The Morgan fingerprint density at radius 3 is 2.54 bits per heavy atom. The maximum absolute atomic E-state index is 11.0. The van der Waals surface area contributed by atoms with Crippen molar-refractivity contribution >= 4 is 5.97 Å². The van der Waals surface area contributed by atoms with Crippen molar-refractivity contribution in [2.45, 2.75) is 13.5 Å². The van der Waals surface area contributed by atoms with Gasteiger partial charge in [0.2, 0.25) is 0 Å². The van der Waals surface area contributed by atoms with Gasteiger partial charge in [-0.15, -0.1) is 0 Å². The van der Waals surface area contributed by atoms with Gasteiger partial charge >= 0.3 is 5.97 Å². The molecule has 0 fully saturated rings. The summed E-state index contributed by atoms with van der Waals surface area (Å²) in [5.41, 5.74) is 1.41. The fourth-order valence-electron chi connectivity index (χ4n) is 0.846. The summed E-state index contributed by atoms with van der Waals surface area (Å²) in [4.78, 5) is 11.0. The number of ether oxygens (including phenoxy) is 1. The van der Waals surface area contributed by atoms with E-state index in [0.29, 0.717) is 12.2 Å². The molecule has 1 aromatic rings. The van der Waals surface area contributed by atoms with Gasteiger partial charge in [0.15, 0.2) is 0 Å². The molecule has 0 saturated heterocycles. The molecule has 13 heavy (non-hydrogen) atoms. The lowest BCUT2D eigenvalue weighted by atomic mass is 10.2. The summed E-state index contributed by atoms with van der Waals surface area (Å²) in [5.74, 6) is -0.344. The van der Waals surface area contributed by atoms with Crippen molar-refractivity contribution in [2.75, 3.05) is 0 Å². The van der Waals surface area contributed by atoms with Crippen LogP contribution in [0, 0.1) is 0 Å². The minimum Gasteiger partial charge on any atom is -0.457 e. The third-order valence-corrected chi connectivity index (χ3v) is 1.56. The van der Waals surface area contributed by atoms with Crippen LogP contribution in [-0.2, 0) is 16.1 Å². The van der Waals surface area contributed by atoms with E-state index in [1.807, 2.05) is 30.3 Å². The largest absolute Gasteiger partial charge is 0.457 e. The smallest absolute Gasteiger partial charge is 0.333 e. The maximum atomic E-state index is 11.0. The molecule has 0 spiro atoms. The Morgan fingerprint density at radius 2 is 2.00 bits per heavy atom. The summed E-state index contributed by atoms with van der Waals surface area (Å²) in [6.07, 6.45) is 0. The van der Waals surface area contributed by atoms with Crippen molar-refractivity contribution in [3.63, 3.8) is 0 Å². The molecule has 0 radical (unpaired) electrons. The highest BCUT2D eigenvalue weighted by molar-refractivity contribution is 5.86. The van der Waals surface area contributed by atoms with Gasteiger partial charge in [-0.1, -0.05) is 36.9 Å². The summed E-state index contributed by atoms with van der Waals surface area (Å²) in [6, 6.07) is 9.55. The molecule has 0 aliphatic heterocycles. The molecular formula is C11H12O2. The highest BCUT2D eigenvalue weighted by atomic mass is 16.5. The molecule has 0 bridgehead atoms. The zero-order chi connectivity index (χ0) is 9.68. The number of hydrogen-bond acceptors (Lipinski definition) is 2. The molecule has 0 heterocycles. The minimum absolute atomic E-state index is 0.312. The second-order valence-electron chi connectivity index (χ2n) is 2.84. The van der Waals surface area contributed by atoms with Gasteiger partial charge in [0.05, 0.1) is 0 Å². The Kier molecular flexibility index (Phi) is 3.26. The van der Waals surface area contributed by atoms with Crippen molar-refractivity contribution < 1.29 is 9.53 Å². The standard InChI is InChI=1S/C11H12O2/c1-9(2)11(12)13-8-10-6-4-3-5-7-10/h3-7H,1,8H2,2H3/i9+1. The summed E-state index contributed by atoms with van der Waals surface area (Å²) >= 11 is 0. The third kappa shape index (κ3) is 3.11. The van der Waals surface area contributed by atoms with Crippen LogP contribution in [0.25, 0.3) is 0 Å². The highest BCUT2D eigenvalue weighted by Crippen LogP contribution is 2.02. The van der Waals surface area contributed by atoms with Crippen molar-refractivity contribution in [1.29, 1.82) is 0 Å². The Balaban J connectivity index is 2.44. The van der Waals surface area contributed by atoms with Crippen LogP contribution >= 0.6 is 0 Å². The van der Waals surface area contributed by atoms with E-state index in [1.165, 1.54) is 0 Å². The van der Waals surface area contributed by atoms with Gasteiger partial charge in [-0.25, -0.2) is 4.79 Å². The first-order valence-electron chi connectivity index (χ1n) is 4.06. The van der Waals surface area contributed by atoms with E-state index in [9.17, 15) is 4.79 Å². The first kappa shape index (κ1) is 9.52. The van der Waals surface area contributed by atoms with Gasteiger partial charge in [-0.05, 0) is 12.5 Å². The highest BCUT2D eigenvalue weighted by Gasteiger charge is 2.02. The Labute approximate surface area is 77.8 Å². The second kappa shape index (κ2) is 4.45. The lowest BCUT2D eigenvalue weighted by molar-refractivity contribution is -0.140. The van der Waals surface area contributed by atoms with E-state index in [-0.39, 0.29) is 5.97 Å². The molecule has 2 heteroatoms. The summed E-state index contributed by atoms with van der Waals surface area (Å²) in [7, 11) is 0. The number of carbonyl (C=O) groups is 1. The number of rotatable bonds is 3. The fraction of sp³-hybridized carbons (Fsp3) is 0.182. The molecule has 0 N–H and O–H groups in total. The molecule has 2 nitrogen and oxygen atoms in total. The fourth-order valence-corrected chi connectivity index (χ4v) is 0.846. The van der Waals surface area contributed by atoms with Crippen molar-refractivity contribution in [2.24, 2.45) is 0 Å². The van der Waals surface area contributed by atoms with Crippen LogP contribution in [0.4, 0.5) is 0 Å².